The molecule has 0 spiro atoms. The summed E-state index contributed by atoms with van der Waals surface area (Å²) in [6.45, 7) is 1.40. The van der Waals surface area contributed by atoms with Gasteiger partial charge in [-0.25, -0.2) is 0 Å². The smallest absolute Gasteiger partial charge is 0.259 e. The van der Waals surface area contributed by atoms with Gasteiger partial charge in [0.1, 0.15) is 17.9 Å². The highest BCUT2D eigenvalue weighted by molar-refractivity contribution is 6.34. The van der Waals surface area contributed by atoms with Crippen molar-refractivity contribution < 1.29 is 9.53 Å². The molecule has 2 aliphatic heterocycles. The third-order valence-corrected chi connectivity index (χ3v) is 3.57. The van der Waals surface area contributed by atoms with E-state index in [0.29, 0.717) is 22.9 Å². The molecule has 2 aliphatic rings. The summed E-state index contributed by atoms with van der Waals surface area (Å²) in [6.07, 6.45) is 2.08. The number of fused-ring (bicyclic) bond motifs is 2. The normalized spacial score (nSPS) is 23.4. The molecule has 1 aromatic carbocycles. The van der Waals surface area contributed by atoms with Crippen LogP contribution in [0.5, 0.6) is 5.75 Å². The largest absolute Gasteiger partial charge is 0.491 e. The van der Waals surface area contributed by atoms with Crippen molar-refractivity contribution in [2.75, 3.05) is 13.2 Å². The highest BCUT2D eigenvalue weighted by atomic mass is 35.5. The second-order valence-electron chi connectivity index (χ2n) is 4.22. The predicted octanol–water partition coefficient (Wildman–Crippen LogP) is 2.34. The average Bonchev–Trinajstić information content (AvgIpc) is 2.69. The van der Waals surface area contributed by atoms with E-state index in [1.54, 1.807) is 12.1 Å². The number of ether oxygens (including phenoxy) is 1. The van der Waals surface area contributed by atoms with Crippen LogP contribution in [0.3, 0.4) is 0 Å². The number of hydrogen-bond acceptors (Lipinski definition) is 2. The van der Waals surface area contributed by atoms with Gasteiger partial charge in [0.05, 0.1) is 11.1 Å². The van der Waals surface area contributed by atoms with Gasteiger partial charge < -0.3 is 9.64 Å². The van der Waals surface area contributed by atoms with E-state index in [4.69, 9.17) is 16.3 Å². The number of carbonyl (C=O) groups is 1. The lowest BCUT2D eigenvalue weighted by atomic mass is 10.1. The van der Waals surface area contributed by atoms with Gasteiger partial charge in [0, 0.05) is 6.54 Å². The molecule has 1 saturated heterocycles. The number of halogens is 1. The van der Waals surface area contributed by atoms with Crippen molar-refractivity contribution in [3.05, 3.63) is 28.8 Å². The summed E-state index contributed by atoms with van der Waals surface area (Å²) in [5.74, 6) is 0.632. The van der Waals surface area contributed by atoms with E-state index in [1.807, 2.05) is 11.0 Å². The van der Waals surface area contributed by atoms with Crippen molar-refractivity contribution >= 4 is 17.5 Å². The first kappa shape index (κ1) is 9.97. The molecule has 1 fully saturated rings. The fraction of sp³-hybridized carbons (Fsp3) is 0.417. The van der Waals surface area contributed by atoms with E-state index in [9.17, 15) is 4.79 Å². The zero-order chi connectivity index (χ0) is 11.1. The maximum absolute atomic E-state index is 12.3. The first-order valence-electron chi connectivity index (χ1n) is 5.49. The van der Waals surface area contributed by atoms with Crippen molar-refractivity contribution in [3.63, 3.8) is 0 Å². The van der Waals surface area contributed by atoms with Crippen LogP contribution in [-0.2, 0) is 0 Å². The first-order valence-corrected chi connectivity index (χ1v) is 5.87. The number of rotatable bonds is 0. The van der Waals surface area contributed by atoms with E-state index in [-0.39, 0.29) is 11.9 Å². The molecular weight excluding hydrogens is 226 g/mol. The lowest BCUT2D eigenvalue weighted by Crippen LogP contribution is -2.36. The Bertz CT molecular complexity index is 447. The zero-order valence-corrected chi connectivity index (χ0v) is 9.54. The van der Waals surface area contributed by atoms with Gasteiger partial charge in [-0.2, -0.15) is 0 Å². The molecule has 3 rings (SSSR count). The van der Waals surface area contributed by atoms with Crippen LogP contribution in [0.2, 0.25) is 5.02 Å². The van der Waals surface area contributed by atoms with Gasteiger partial charge in [-0.05, 0) is 25.0 Å². The van der Waals surface area contributed by atoms with Crippen LogP contribution in [0, 0.1) is 0 Å². The summed E-state index contributed by atoms with van der Waals surface area (Å²) < 4.78 is 5.67. The number of carbonyl (C=O) groups excluding carboxylic acids is 1. The quantitative estimate of drug-likeness (QED) is 0.693. The van der Waals surface area contributed by atoms with Gasteiger partial charge in [0.25, 0.3) is 5.91 Å². The third kappa shape index (κ3) is 1.39. The van der Waals surface area contributed by atoms with Crippen molar-refractivity contribution in [1.29, 1.82) is 0 Å². The molecule has 0 aromatic heterocycles. The zero-order valence-electron chi connectivity index (χ0n) is 8.78. The molecule has 0 bridgehead atoms. The molecule has 84 valence electrons. The first-order chi connectivity index (χ1) is 7.77. The average molecular weight is 238 g/mol. The minimum absolute atomic E-state index is 0.0144. The Morgan fingerprint density at radius 3 is 3.19 bits per heavy atom. The van der Waals surface area contributed by atoms with Gasteiger partial charge in [0.15, 0.2) is 0 Å². The number of amides is 1. The highest BCUT2D eigenvalue weighted by Gasteiger charge is 2.35. The van der Waals surface area contributed by atoms with Crippen LogP contribution in [0.15, 0.2) is 18.2 Å². The van der Waals surface area contributed by atoms with Crippen LogP contribution in [0.25, 0.3) is 0 Å². The Hall–Kier alpha value is -1.22. The summed E-state index contributed by atoms with van der Waals surface area (Å²) in [6, 6.07) is 5.57. The Morgan fingerprint density at radius 2 is 2.31 bits per heavy atom. The Labute approximate surface area is 98.9 Å². The molecular formula is C12H12ClNO2. The van der Waals surface area contributed by atoms with Gasteiger partial charge >= 0.3 is 0 Å². The number of hydrogen-bond donors (Lipinski definition) is 0. The molecule has 0 unspecified atom stereocenters. The van der Waals surface area contributed by atoms with E-state index in [0.717, 1.165) is 19.4 Å². The standard InChI is InChI=1S/C12H12ClNO2/c13-9-4-1-5-10-11(9)12(15)14-6-2-3-8(14)7-16-10/h1,4-5,8H,2-3,6-7H2/t8-/m0/s1. The fourth-order valence-electron chi connectivity index (χ4n) is 2.44. The van der Waals surface area contributed by atoms with Crippen molar-refractivity contribution in [2.24, 2.45) is 0 Å². The van der Waals surface area contributed by atoms with Crippen LogP contribution < -0.4 is 4.74 Å². The second kappa shape index (κ2) is 3.67. The SMILES string of the molecule is O=C1c2c(Cl)cccc2OC[C@@H]2CCCN12. The lowest BCUT2D eigenvalue weighted by molar-refractivity contribution is 0.0727. The third-order valence-electron chi connectivity index (χ3n) is 3.26. The summed E-state index contributed by atoms with van der Waals surface area (Å²) in [5.41, 5.74) is 0.522. The monoisotopic (exact) mass is 237 g/mol. The van der Waals surface area contributed by atoms with E-state index in [2.05, 4.69) is 0 Å². The lowest BCUT2D eigenvalue weighted by Gasteiger charge is -2.20. The summed E-state index contributed by atoms with van der Waals surface area (Å²) in [4.78, 5) is 14.2. The van der Waals surface area contributed by atoms with E-state index >= 15 is 0 Å². The Balaban J connectivity index is 2.10. The van der Waals surface area contributed by atoms with Crippen molar-refractivity contribution in [1.82, 2.24) is 4.90 Å². The highest BCUT2D eigenvalue weighted by Crippen LogP contribution is 2.33. The van der Waals surface area contributed by atoms with Gasteiger partial charge in [0.2, 0.25) is 0 Å². The number of nitrogens with zero attached hydrogens (tertiary/aromatic N) is 1. The summed E-state index contributed by atoms with van der Waals surface area (Å²) in [7, 11) is 0. The van der Waals surface area contributed by atoms with E-state index < -0.39 is 0 Å². The molecule has 1 amide bonds. The topological polar surface area (TPSA) is 29.5 Å². The molecule has 3 nitrogen and oxygen atoms in total. The molecule has 0 aliphatic carbocycles. The predicted molar refractivity (Wildman–Crippen MR) is 61.0 cm³/mol. The minimum atomic E-state index is 0.0144. The van der Waals surface area contributed by atoms with Crippen LogP contribution >= 0.6 is 11.6 Å². The summed E-state index contributed by atoms with van der Waals surface area (Å²) in [5, 5.41) is 0.482. The molecule has 1 atom stereocenters. The van der Waals surface area contributed by atoms with E-state index in [1.165, 1.54) is 0 Å². The second-order valence-corrected chi connectivity index (χ2v) is 4.63. The van der Waals surface area contributed by atoms with Crippen LogP contribution in [-0.4, -0.2) is 30.0 Å². The maximum Gasteiger partial charge on any atom is 0.259 e. The number of benzene rings is 1. The van der Waals surface area contributed by atoms with Crippen molar-refractivity contribution in [2.45, 2.75) is 18.9 Å². The van der Waals surface area contributed by atoms with Crippen LogP contribution in [0.4, 0.5) is 0 Å². The molecule has 2 heterocycles. The molecule has 16 heavy (non-hydrogen) atoms. The van der Waals surface area contributed by atoms with Crippen molar-refractivity contribution in [3.8, 4) is 5.75 Å². The van der Waals surface area contributed by atoms with Gasteiger partial charge in [-0.1, -0.05) is 17.7 Å². The van der Waals surface area contributed by atoms with Crippen LogP contribution in [0.1, 0.15) is 23.2 Å². The summed E-state index contributed by atoms with van der Waals surface area (Å²) >= 11 is 6.07. The molecule has 1 aromatic rings. The van der Waals surface area contributed by atoms with Gasteiger partial charge in [-0.3, -0.25) is 4.79 Å². The fourth-order valence-corrected chi connectivity index (χ4v) is 2.68. The Kier molecular flexibility index (Phi) is 2.28. The maximum atomic E-state index is 12.3. The Morgan fingerprint density at radius 1 is 1.44 bits per heavy atom. The molecule has 0 radical (unpaired) electrons. The molecule has 0 saturated carbocycles. The molecule has 0 N–H and O–H groups in total. The van der Waals surface area contributed by atoms with Gasteiger partial charge in [-0.15, -0.1) is 0 Å². The minimum Gasteiger partial charge on any atom is -0.491 e. The molecule has 4 heteroatoms.